The second kappa shape index (κ2) is 4.59. The summed E-state index contributed by atoms with van der Waals surface area (Å²) < 4.78 is 0. The van der Waals surface area contributed by atoms with Crippen molar-refractivity contribution < 1.29 is 9.59 Å². The number of nitrogens with one attached hydrogen (secondary N) is 1. The number of nitrogens with two attached hydrogens (primary N) is 1. The summed E-state index contributed by atoms with van der Waals surface area (Å²) in [5.74, 6) is 0.894. The first-order valence-electron chi connectivity index (χ1n) is 5.68. The lowest BCUT2D eigenvalue weighted by molar-refractivity contribution is -0.130. The number of imide groups is 1. The highest BCUT2D eigenvalue weighted by Gasteiger charge is 2.24. The van der Waals surface area contributed by atoms with Crippen molar-refractivity contribution in [2.45, 2.75) is 19.8 Å². The minimum Gasteiger partial charge on any atom is -0.384 e. The fourth-order valence-corrected chi connectivity index (χ4v) is 1.69. The number of anilines is 2. The second-order valence-corrected chi connectivity index (χ2v) is 4.49. The number of hydrogen-bond acceptors (Lipinski definition) is 6. The van der Waals surface area contributed by atoms with Gasteiger partial charge in [0, 0.05) is 12.0 Å². The van der Waals surface area contributed by atoms with Crippen LogP contribution in [0.4, 0.5) is 11.6 Å². The molecule has 0 spiro atoms. The predicted molar refractivity (Wildman–Crippen MR) is 65.9 cm³/mol. The number of carbonyl (C=O) groups is 2. The first-order valence-corrected chi connectivity index (χ1v) is 5.68. The Morgan fingerprint density at radius 2 is 1.89 bits per heavy atom. The molecule has 96 valence electrons. The van der Waals surface area contributed by atoms with Crippen LogP contribution in [0.3, 0.4) is 0 Å². The summed E-state index contributed by atoms with van der Waals surface area (Å²) in [5, 5.41) is 2.24. The van der Waals surface area contributed by atoms with Gasteiger partial charge >= 0.3 is 0 Å². The number of nitrogen functional groups attached to an aromatic ring is 1. The third-order valence-corrected chi connectivity index (χ3v) is 2.54. The molecule has 1 aromatic heterocycles. The molecule has 0 bridgehead atoms. The lowest BCUT2D eigenvalue weighted by atomic mass is 10.2. The Morgan fingerprint density at radius 1 is 1.28 bits per heavy atom. The Morgan fingerprint density at radius 3 is 2.44 bits per heavy atom. The average Bonchev–Trinajstić information content (AvgIpc) is 2.26. The second-order valence-electron chi connectivity index (χ2n) is 4.49. The third kappa shape index (κ3) is 2.55. The maximum absolute atomic E-state index is 11.3. The van der Waals surface area contributed by atoms with Gasteiger partial charge in [0.1, 0.15) is 17.5 Å². The average molecular weight is 249 g/mol. The van der Waals surface area contributed by atoms with Crippen LogP contribution in [0, 0.1) is 0 Å². The highest BCUT2D eigenvalue weighted by Crippen LogP contribution is 2.18. The molecule has 7 nitrogen and oxygen atoms in total. The van der Waals surface area contributed by atoms with Gasteiger partial charge in [-0.15, -0.1) is 0 Å². The molecule has 2 amide bonds. The molecule has 2 rings (SSSR count). The van der Waals surface area contributed by atoms with Crippen LogP contribution < -0.4 is 16.0 Å². The number of rotatable bonds is 2. The first kappa shape index (κ1) is 12.3. The van der Waals surface area contributed by atoms with E-state index in [4.69, 9.17) is 5.73 Å². The van der Waals surface area contributed by atoms with Gasteiger partial charge in [-0.3, -0.25) is 14.9 Å². The summed E-state index contributed by atoms with van der Waals surface area (Å²) in [6, 6.07) is 1.57. The smallest absolute Gasteiger partial charge is 0.246 e. The Hall–Kier alpha value is -2.18. The van der Waals surface area contributed by atoms with E-state index in [0.29, 0.717) is 17.5 Å². The molecule has 0 aliphatic carbocycles. The van der Waals surface area contributed by atoms with Crippen molar-refractivity contribution in [3.63, 3.8) is 0 Å². The molecule has 18 heavy (non-hydrogen) atoms. The summed E-state index contributed by atoms with van der Waals surface area (Å²) in [7, 11) is 0. The van der Waals surface area contributed by atoms with E-state index in [1.54, 1.807) is 11.0 Å². The van der Waals surface area contributed by atoms with E-state index >= 15 is 0 Å². The van der Waals surface area contributed by atoms with E-state index < -0.39 is 0 Å². The zero-order valence-corrected chi connectivity index (χ0v) is 10.3. The highest BCUT2D eigenvalue weighted by molar-refractivity contribution is 6.02. The van der Waals surface area contributed by atoms with Crippen LogP contribution in [-0.2, 0) is 9.59 Å². The van der Waals surface area contributed by atoms with Crippen LogP contribution in [0.15, 0.2) is 6.07 Å². The van der Waals surface area contributed by atoms with Gasteiger partial charge in [0.15, 0.2) is 0 Å². The number of nitrogens with zero attached hydrogens (tertiary/aromatic N) is 3. The standard InChI is InChI=1S/C11H15N5O2/c1-6(2)11-13-7(12)3-8(14-11)16-4-9(17)15-10(18)5-16/h3,6H,4-5H2,1-2H3,(H2,12,13,14)(H,15,17,18). The van der Waals surface area contributed by atoms with Crippen molar-refractivity contribution in [3.05, 3.63) is 11.9 Å². The summed E-state index contributed by atoms with van der Waals surface area (Å²) in [4.78, 5) is 32.7. The van der Waals surface area contributed by atoms with E-state index in [1.165, 1.54) is 0 Å². The van der Waals surface area contributed by atoms with Crippen molar-refractivity contribution in [2.24, 2.45) is 0 Å². The molecule has 1 fully saturated rings. The van der Waals surface area contributed by atoms with E-state index in [2.05, 4.69) is 15.3 Å². The van der Waals surface area contributed by atoms with Crippen LogP contribution in [-0.4, -0.2) is 34.9 Å². The van der Waals surface area contributed by atoms with Crippen LogP contribution in [0.25, 0.3) is 0 Å². The predicted octanol–water partition coefficient (Wildman–Crippen LogP) is -0.355. The molecule has 1 aliphatic rings. The fourth-order valence-electron chi connectivity index (χ4n) is 1.69. The van der Waals surface area contributed by atoms with Gasteiger partial charge in [-0.25, -0.2) is 9.97 Å². The van der Waals surface area contributed by atoms with Gasteiger partial charge in [0.25, 0.3) is 0 Å². The number of carbonyl (C=O) groups excluding carboxylic acids is 2. The topological polar surface area (TPSA) is 101 Å². The SMILES string of the molecule is CC(C)c1nc(N)cc(N2CC(=O)NC(=O)C2)n1. The Bertz CT molecular complexity index is 484. The van der Waals surface area contributed by atoms with Crippen molar-refractivity contribution in [1.82, 2.24) is 15.3 Å². The van der Waals surface area contributed by atoms with Crippen LogP contribution >= 0.6 is 0 Å². The molecule has 7 heteroatoms. The summed E-state index contributed by atoms with van der Waals surface area (Å²) >= 11 is 0. The number of aromatic nitrogens is 2. The number of piperazine rings is 1. The molecule has 0 aromatic carbocycles. The molecular weight excluding hydrogens is 234 g/mol. The zero-order chi connectivity index (χ0) is 13.3. The normalized spacial score (nSPS) is 16.1. The van der Waals surface area contributed by atoms with Gasteiger partial charge in [0.2, 0.25) is 11.8 Å². The fraction of sp³-hybridized carbons (Fsp3) is 0.455. The highest BCUT2D eigenvalue weighted by atomic mass is 16.2. The molecule has 0 atom stereocenters. The van der Waals surface area contributed by atoms with E-state index in [0.717, 1.165) is 0 Å². The maximum Gasteiger partial charge on any atom is 0.246 e. The maximum atomic E-state index is 11.3. The van der Waals surface area contributed by atoms with E-state index in [9.17, 15) is 9.59 Å². The minimum absolute atomic E-state index is 0.0970. The first-order chi connectivity index (χ1) is 8.45. The van der Waals surface area contributed by atoms with E-state index in [-0.39, 0.29) is 30.8 Å². The lowest BCUT2D eigenvalue weighted by Crippen LogP contribution is -2.51. The molecule has 1 aliphatic heterocycles. The Kier molecular flexibility index (Phi) is 3.14. The largest absolute Gasteiger partial charge is 0.384 e. The third-order valence-electron chi connectivity index (χ3n) is 2.54. The van der Waals surface area contributed by atoms with E-state index in [1.807, 2.05) is 13.8 Å². The number of amides is 2. The Balaban J connectivity index is 2.32. The molecule has 3 N–H and O–H groups in total. The minimum atomic E-state index is -0.338. The van der Waals surface area contributed by atoms with Crippen LogP contribution in [0.5, 0.6) is 0 Å². The van der Waals surface area contributed by atoms with Crippen molar-refractivity contribution in [2.75, 3.05) is 23.7 Å². The summed E-state index contributed by atoms with van der Waals surface area (Å²) in [5.41, 5.74) is 5.71. The van der Waals surface area contributed by atoms with Crippen molar-refractivity contribution in [3.8, 4) is 0 Å². The Labute approximate surface area is 104 Å². The van der Waals surface area contributed by atoms with Crippen molar-refractivity contribution >= 4 is 23.5 Å². The van der Waals surface area contributed by atoms with Crippen molar-refractivity contribution in [1.29, 1.82) is 0 Å². The number of hydrogen-bond donors (Lipinski definition) is 2. The van der Waals surface area contributed by atoms with Gasteiger partial charge in [-0.05, 0) is 0 Å². The molecule has 1 aromatic rings. The molecule has 1 saturated heterocycles. The molecular formula is C11H15N5O2. The lowest BCUT2D eigenvalue weighted by Gasteiger charge is -2.26. The molecule has 0 saturated carbocycles. The van der Waals surface area contributed by atoms with Crippen LogP contribution in [0.1, 0.15) is 25.6 Å². The zero-order valence-electron chi connectivity index (χ0n) is 10.3. The molecule has 0 unspecified atom stereocenters. The van der Waals surface area contributed by atoms with Gasteiger partial charge in [0.05, 0.1) is 13.1 Å². The van der Waals surface area contributed by atoms with Gasteiger partial charge in [-0.1, -0.05) is 13.8 Å². The summed E-state index contributed by atoms with van der Waals surface area (Å²) in [6.07, 6.45) is 0. The van der Waals surface area contributed by atoms with Gasteiger partial charge < -0.3 is 10.6 Å². The van der Waals surface area contributed by atoms with Crippen LogP contribution in [0.2, 0.25) is 0 Å². The monoisotopic (exact) mass is 249 g/mol. The molecule has 0 radical (unpaired) electrons. The van der Waals surface area contributed by atoms with Gasteiger partial charge in [-0.2, -0.15) is 0 Å². The molecule has 2 heterocycles. The quantitative estimate of drug-likeness (QED) is 0.694. The summed E-state index contributed by atoms with van der Waals surface area (Å²) in [6.45, 7) is 4.10.